The lowest BCUT2D eigenvalue weighted by Crippen LogP contribution is -2.12. The topological polar surface area (TPSA) is 74.0 Å². The van der Waals surface area contributed by atoms with Crippen LogP contribution in [0.5, 0.6) is 5.75 Å². The zero-order valence-electron chi connectivity index (χ0n) is 19.4. The van der Waals surface area contributed by atoms with Gasteiger partial charge in [-0.05, 0) is 35.2 Å². The number of benzene rings is 5. The van der Waals surface area contributed by atoms with Crippen LogP contribution in [-0.2, 0) is 0 Å². The number of nitrogens with one attached hydrogen (secondary N) is 1. The number of hydrogen-bond donors (Lipinski definition) is 2. The van der Waals surface area contributed by atoms with Crippen molar-refractivity contribution < 1.29 is 9.90 Å². The van der Waals surface area contributed by atoms with E-state index in [1.54, 1.807) is 18.2 Å². The summed E-state index contributed by atoms with van der Waals surface area (Å²) in [6, 6.07) is 37.8. The number of phenolic OH excluding ortho intramolecular Hbond substituents is 1. The van der Waals surface area contributed by atoms with Crippen LogP contribution in [0.25, 0.3) is 22.5 Å². The van der Waals surface area contributed by atoms with Gasteiger partial charge in [0, 0.05) is 16.6 Å². The maximum Gasteiger partial charge on any atom is 0.259 e. The van der Waals surface area contributed by atoms with E-state index in [-0.39, 0.29) is 17.0 Å². The van der Waals surface area contributed by atoms with Gasteiger partial charge < -0.3 is 10.4 Å². The van der Waals surface area contributed by atoms with Crippen molar-refractivity contribution in [2.75, 3.05) is 5.32 Å². The molecule has 0 unspecified atom stereocenters. The van der Waals surface area contributed by atoms with E-state index in [1.807, 2.05) is 109 Å². The maximum atomic E-state index is 13.1. The molecule has 0 saturated carbocycles. The molecule has 1 amide bonds. The Morgan fingerprint density at radius 1 is 0.750 bits per heavy atom. The SMILES string of the molecule is O=C(Nc1ccccc1)c1cc2ccccc2c(N=NC(=Cc2ccccc2)c2ccccc2)c1O. The van der Waals surface area contributed by atoms with Crippen LogP contribution in [0.2, 0.25) is 0 Å². The average Bonchev–Trinajstić information content (AvgIpc) is 2.93. The summed E-state index contributed by atoms with van der Waals surface area (Å²) in [7, 11) is 0. The fourth-order valence-corrected chi connectivity index (χ4v) is 3.90. The van der Waals surface area contributed by atoms with Gasteiger partial charge in [0.15, 0.2) is 5.75 Å². The first-order valence-electron chi connectivity index (χ1n) is 11.5. The summed E-state index contributed by atoms with van der Waals surface area (Å²) in [5.74, 6) is -0.651. The quantitative estimate of drug-likeness (QED) is 0.195. The van der Waals surface area contributed by atoms with Gasteiger partial charge in [-0.15, -0.1) is 10.2 Å². The smallest absolute Gasteiger partial charge is 0.259 e. The minimum absolute atomic E-state index is 0.125. The van der Waals surface area contributed by atoms with E-state index >= 15 is 0 Å². The van der Waals surface area contributed by atoms with Crippen LogP contribution in [0.3, 0.4) is 0 Å². The first-order chi connectivity index (χ1) is 17.7. The molecular weight excluding hydrogens is 446 g/mol. The first-order valence-corrected chi connectivity index (χ1v) is 11.5. The first kappa shape index (κ1) is 22.7. The Labute approximate surface area is 209 Å². The third-order valence-corrected chi connectivity index (χ3v) is 5.70. The van der Waals surface area contributed by atoms with Gasteiger partial charge >= 0.3 is 0 Å². The van der Waals surface area contributed by atoms with Crippen LogP contribution in [-0.4, -0.2) is 11.0 Å². The van der Waals surface area contributed by atoms with Crippen LogP contribution < -0.4 is 5.32 Å². The predicted octanol–water partition coefficient (Wildman–Crippen LogP) is 8.08. The van der Waals surface area contributed by atoms with Gasteiger partial charge in [0.2, 0.25) is 0 Å². The number of azo groups is 1. The molecule has 0 aliphatic rings. The van der Waals surface area contributed by atoms with Crippen LogP contribution in [0.4, 0.5) is 11.4 Å². The van der Waals surface area contributed by atoms with Gasteiger partial charge in [-0.25, -0.2) is 0 Å². The van der Waals surface area contributed by atoms with Gasteiger partial charge in [-0.1, -0.05) is 103 Å². The highest BCUT2D eigenvalue weighted by Gasteiger charge is 2.18. The Morgan fingerprint density at radius 3 is 2.08 bits per heavy atom. The number of rotatable bonds is 6. The van der Waals surface area contributed by atoms with Gasteiger partial charge in [-0.3, -0.25) is 4.79 Å². The number of para-hydroxylation sites is 1. The van der Waals surface area contributed by atoms with Crippen LogP contribution in [0.15, 0.2) is 132 Å². The third-order valence-electron chi connectivity index (χ3n) is 5.70. The third kappa shape index (κ3) is 5.05. The summed E-state index contributed by atoms with van der Waals surface area (Å²) in [5, 5.41) is 24.5. The molecule has 0 aromatic heterocycles. The van der Waals surface area contributed by atoms with Crippen molar-refractivity contribution in [1.29, 1.82) is 0 Å². The highest BCUT2D eigenvalue weighted by Crippen LogP contribution is 2.39. The Kier molecular flexibility index (Phi) is 6.63. The Balaban J connectivity index is 1.60. The molecule has 5 aromatic carbocycles. The minimum Gasteiger partial charge on any atom is -0.505 e. The number of carbonyl (C=O) groups is 1. The number of aromatic hydroxyl groups is 1. The molecule has 174 valence electrons. The second kappa shape index (κ2) is 10.5. The molecule has 0 aliphatic heterocycles. The van der Waals surface area contributed by atoms with Crippen molar-refractivity contribution in [3.63, 3.8) is 0 Å². The van der Waals surface area contributed by atoms with E-state index in [0.717, 1.165) is 16.5 Å². The zero-order chi connectivity index (χ0) is 24.7. The molecule has 0 spiro atoms. The number of amides is 1. The van der Waals surface area contributed by atoms with Crippen LogP contribution >= 0.6 is 0 Å². The monoisotopic (exact) mass is 469 g/mol. The number of anilines is 1. The fraction of sp³-hybridized carbons (Fsp3) is 0. The van der Waals surface area contributed by atoms with E-state index in [4.69, 9.17) is 0 Å². The molecule has 5 aromatic rings. The van der Waals surface area contributed by atoms with E-state index in [9.17, 15) is 9.90 Å². The fourth-order valence-electron chi connectivity index (χ4n) is 3.90. The molecule has 0 aliphatic carbocycles. The Hall–Kier alpha value is -5.03. The molecule has 0 heterocycles. The summed E-state index contributed by atoms with van der Waals surface area (Å²) in [4.78, 5) is 13.1. The molecule has 0 saturated heterocycles. The minimum atomic E-state index is -0.427. The van der Waals surface area contributed by atoms with Crippen LogP contribution in [0, 0.1) is 0 Å². The second-order valence-electron chi connectivity index (χ2n) is 8.17. The van der Waals surface area contributed by atoms with Crippen molar-refractivity contribution in [2.24, 2.45) is 10.2 Å². The van der Waals surface area contributed by atoms with Crippen molar-refractivity contribution in [3.8, 4) is 5.75 Å². The lowest BCUT2D eigenvalue weighted by Gasteiger charge is -2.11. The van der Waals surface area contributed by atoms with Gasteiger partial charge in [0.25, 0.3) is 5.91 Å². The predicted molar refractivity (Wildman–Crippen MR) is 145 cm³/mol. The van der Waals surface area contributed by atoms with Crippen molar-refractivity contribution in [1.82, 2.24) is 0 Å². The molecular formula is C31H23N3O2. The normalized spacial score (nSPS) is 11.6. The Morgan fingerprint density at radius 2 is 1.36 bits per heavy atom. The lowest BCUT2D eigenvalue weighted by atomic mass is 10.0. The van der Waals surface area contributed by atoms with E-state index < -0.39 is 5.91 Å². The lowest BCUT2D eigenvalue weighted by molar-refractivity contribution is 0.102. The highest BCUT2D eigenvalue weighted by atomic mass is 16.3. The second-order valence-corrected chi connectivity index (χ2v) is 8.17. The van der Waals surface area contributed by atoms with Gasteiger partial charge in [0.05, 0.1) is 11.3 Å². The van der Waals surface area contributed by atoms with E-state index in [1.165, 1.54) is 0 Å². The van der Waals surface area contributed by atoms with Crippen molar-refractivity contribution in [2.45, 2.75) is 0 Å². The van der Waals surface area contributed by atoms with E-state index in [2.05, 4.69) is 15.5 Å². The molecule has 0 atom stereocenters. The molecule has 36 heavy (non-hydrogen) atoms. The molecule has 5 heteroatoms. The Bertz CT molecular complexity index is 1560. The summed E-state index contributed by atoms with van der Waals surface area (Å²) in [5.41, 5.74) is 3.48. The number of nitrogens with zero attached hydrogens (tertiary/aromatic N) is 2. The summed E-state index contributed by atoms with van der Waals surface area (Å²) in [6.45, 7) is 0. The number of phenols is 1. The zero-order valence-corrected chi connectivity index (χ0v) is 19.4. The average molecular weight is 470 g/mol. The van der Waals surface area contributed by atoms with Gasteiger partial charge in [0.1, 0.15) is 5.69 Å². The van der Waals surface area contributed by atoms with Crippen molar-refractivity contribution in [3.05, 3.63) is 138 Å². The molecule has 5 rings (SSSR count). The molecule has 2 N–H and O–H groups in total. The summed E-state index contributed by atoms with van der Waals surface area (Å²) >= 11 is 0. The highest BCUT2D eigenvalue weighted by molar-refractivity contribution is 6.11. The summed E-state index contributed by atoms with van der Waals surface area (Å²) < 4.78 is 0. The molecule has 0 fully saturated rings. The van der Waals surface area contributed by atoms with Crippen molar-refractivity contribution >= 4 is 39.8 Å². The van der Waals surface area contributed by atoms with E-state index in [0.29, 0.717) is 16.8 Å². The molecule has 5 nitrogen and oxygen atoms in total. The molecule has 0 bridgehead atoms. The number of hydrogen-bond acceptors (Lipinski definition) is 4. The maximum absolute atomic E-state index is 13.1. The van der Waals surface area contributed by atoms with Crippen LogP contribution in [0.1, 0.15) is 21.5 Å². The number of fused-ring (bicyclic) bond motifs is 1. The molecule has 0 radical (unpaired) electrons. The summed E-state index contributed by atoms with van der Waals surface area (Å²) in [6.07, 6.45) is 1.93. The number of carbonyl (C=O) groups excluding carboxylic acids is 1. The van der Waals surface area contributed by atoms with Gasteiger partial charge in [-0.2, -0.15) is 0 Å². The standard InChI is InChI=1S/C31H23N3O2/c35-30-27(31(36)32-25-17-8-3-9-18-25)21-24-16-10-11-19-26(24)29(30)34-33-28(23-14-6-2-7-15-23)20-22-12-4-1-5-13-22/h1-21,35H,(H,32,36). The largest absolute Gasteiger partial charge is 0.505 e.